The molecule has 0 spiro atoms. The Bertz CT molecular complexity index is 747. The molecule has 1 aliphatic heterocycles. The van der Waals surface area contributed by atoms with Crippen molar-refractivity contribution in [2.75, 3.05) is 18.1 Å². The van der Waals surface area contributed by atoms with E-state index in [0.717, 1.165) is 0 Å². The summed E-state index contributed by atoms with van der Waals surface area (Å²) in [5, 5.41) is 0.326. The van der Waals surface area contributed by atoms with Crippen molar-refractivity contribution >= 4 is 43.1 Å². The molecular weight excluding hydrogens is 357 g/mol. The van der Waals surface area contributed by atoms with E-state index in [9.17, 15) is 16.8 Å². The summed E-state index contributed by atoms with van der Waals surface area (Å²) in [5.74, 6) is -0.148. The Labute approximate surface area is 134 Å². The van der Waals surface area contributed by atoms with Crippen molar-refractivity contribution in [2.24, 2.45) is 0 Å². The monoisotopic (exact) mass is 371 g/mol. The Balaban J connectivity index is 2.43. The molecule has 5 nitrogen and oxygen atoms in total. The molecule has 1 aromatic rings. The van der Waals surface area contributed by atoms with Crippen LogP contribution in [0.25, 0.3) is 0 Å². The average Bonchev–Trinajstić information content (AvgIpc) is 2.73. The molecule has 118 valence electrons. The van der Waals surface area contributed by atoms with Crippen LogP contribution in [-0.4, -0.2) is 45.2 Å². The van der Waals surface area contributed by atoms with Crippen molar-refractivity contribution < 1.29 is 16.8 Å². The highest BCUT2D eigenvalue weighted by Crippen LogP contribution is 2.30. The Kier molecular flexibility index (Phi) is 4.90. The summed E-state index contributed by atoms with van der Waals surface area (Å²) in [7, 11) is -7.06. The van der Waals surface area contributed by atoms with Crippen LogP contribution in [0.5, 0.6) is 0 Å². The first-order chi connectivity index (χ1) is 9.67. The standard InChI is InChI=1S/C12H15Cl2NO4S2/c1-2-15(10-5-6-20(16,17)8-10)21(18,19)12-7-9(13)3-4-11(12)14/h3-4,7,10H,2,5-6,8H2,1H3. The van der Waals surface area contributed by atoms with Gasteiger partial charge in [-0.05, 0) is 24.6 Å². The fourth-order valence-corrected chi connectivity index (χ4v) is 6.66. The quantitative estimate of drug-likeness (QED) is 0.812. The molecule has 0 amide bonds. The van der Waals surface area contributed by atoms with E-state index in [1.807, 2.05) is 0 Å². The lowest BCUT2D eigenvalue weighted by molar-refractivity contribution is 0.354. The second-order valence-corrected chi connectivity index (χ2v) is 9.77. The fourth-order valence-electron chi connectivity index (χ4n) is 2.43. The number of sulfone groups is 1. The molecule has 0 aromatic heterocycles. The van der Waals surface area contributed by atoms with Crippen LogP contribution in [0.15, 0.2) is 23.1 Å². The summed E-state index contributed by atoms with van der Waals surface area (Å²) >= 11 is 11.8. The highest BCUT2D eigenvalue weighted by molar-refractivity contribution is 7.92. The molecule has 0 bridgehead atoms. The van der Waals surface area contributed by atoms with Gasteiger partial charge >= 0.3 is 0 Å². The maximum absolute atomic E-state index is 12.7. The SMILES string of the molecule is CCN(C1CCS(=O)(=O)C1)S(=O)(=O)c1cc(Cl)ccc1Cl. The van der Waals surface area contributed by atoms with E-state index < -0.39 is 25.9 Å². The van der Waals surface area contributed by atoms with E-state index >= 15 is 0 Å². The van der Waals surface area contributed by atoms with Crippen LogP contribution in [0, 0.1) is 0 Å². The van der Waals surface area contributed by atoms with Gasteiger partial charge in [-0.15, -0.1) is 0 Å². The summed E-state index contributed by atoms with van der Waals surface area (Å²) < 4.78 is 49.8. The number of nitrogens with zero attached hydrogens (tertiary/aromatic N) is 1. The van der Waals surface area contributed by atoms with Crippen LogP contribution in [-0.2, 0) is 19.9 Å². The summed E-state index contributed by atoms with van der Waals surface area (Å²) in [4.78, 5) is -0.0946. The Morgan fingerprint density at radius 3 is 2.52 bits per heavy atom. The third-order valence-electron chi connectivity index (χ3n) is 3.41. The molecule has 2 rings (SSSR count). The lowest BCUT2D eigenvalue weighted by Crippen LogP contribution is -2.41. The van der Waals surface area contributed by atoms with Crippen LogP contribution in [0.4, 0.5) is 0 Å². The zero-order valence-electron chi connectivity index (χ0n) is 11.3. The molecular formula is C12H15Cl2NO4S2. The predicted molar refractivity (Wildman–Crippen MR) is 83.1 cm³/mol. The van der Waals surface area contributed by atoms with Crippen molar-refractivity contribution in [2.45, 2.75) is 24.3 Å². The van der Waals surface area contributed by atoms with Gasteiger partial charge in [0.1, 0.15) is 4.90 Å². The zero-order valence-corrected chi connectivity index (χ0v) is 14.4. The van der Waals surface area contributed by atoms with Gasteiger partial charge in [0.05, 0.1) is 16.5 Å². The molecule has 0 radical (unpaired) electrons. The van der Waals surface area contributed by atoms with E-state index in [0.29, 0.717) is 6.42 Å². The predicted octanol–water partition coefficient (Wildman–Crippen LogP) is 2.19. The molecule has 0 saturated carbocycles. The van der Waals surface area contributed by atoms with Crippen LogP contribution in [0.3, 0.4) is 0 Å². The lowest BCUT2D eigenvalue weighted by Gasteiger charge is -2.26. The van der Waals surface area contributed by atoms with Crippen molar-refractivity contribution in [1.29, 1.82) is 0 Å². The average molecular weight is 372 g/mol. The highest BCUT2D eigenvalue weighted by Gasteiger charge is 2.38. The van der Waals surface area contributed by atoms with Crippen molar-refractivity contribution in [3.8, 4) is 0 Å². The van der Waals surface area contributed by atoms with Crippen LogP contribution in [0.2, 0.25) is 10.0 Å². The minimum Gasteiger partial charge on any atom is -0.229 e. The van der Waals surface area contributed by atoms with Gasteiger partial charge in [0.15, 0.2) is 9.84 Å². The van der Waals surface area contributed by atoms with Crippen LogP contribution >= 0.6 is 23.2 Å². The van der Waals surface area contributed by atoms with Crippen molar-refractivity contribution in [3.05, 3.63) is 28.2 Å². The van der Waals surface area contributed by atoms with E-state index in [4.69, 9.17) is 23.2 Å². The van der Waals surface area contributed by atoms with Crippen LogP contribution < -0.4 is 0 Å². The Morgan fingerprint density at radius 1 is 1.33 bits per heavy atom. The molecule has 1 fully saturated rings. The summed E-state index contributed by atoms with van der Waals surface area (Å²) in [6, 6.07) is 3.64. The largest absolute Gasteiger partial charge is 0.244 e. The lowest BCUT2D eigenvalue weighted by atomic mass is 10.3. The van der Waals surface area contributed by atoms with Gasteiger partial charge in [-0.2, -0.15) is 4.31 Å². The third kappa shape index (κ3) is 3.53. The Hall–Kier alpha value is -0.340. The summed E-state index contributed by atoms with van der Waals surface area (Å²) in [6.45, 7) is 1.84. The first-order valence-electron chi connectivity index (χ1n) is 6.34. The van der Waals surface area contributed by atoms with E-state index in [-0.39, 0.29) is 33.0 Å². The number of sulfonamides is 1. The van der Waals surface area contributed by atoms with Gasteiger partial charge in [-0.25, -0.2) is 16.8 Å². The minimum absolute atomic E-state index is 0.00691. The van der Waals surface area contributed by atoms with Crippen molar-refractivity contribution in [3.63, 3.8) is 0 Å². The van der Waals surface area contributed by atoms with E-state index in [1.165, 1.54) is 22.5 Å². The molecule has 0 aliphatic carbocycles. The smallest absolute Gasteiger partial charge is 0.229 e. The van der Waals surface area contributed by atoms with Gasteiger partial charge in [-0.1, -0.05) is 30.1 Å². The van der Waals surface area contributed by atoms with E-state index in [1.54, 1.807) is 6.92 Å². The molecule has 1 unspecified atom stereocenters. The van der Waals surface area contributed by atoms with Gasteiger partial charge in [-0.3, -0.25) is 0 Å². The molecule has 0 N–H and O–H groups in total. The first kappa shape index (κ1) is 17.0. The van der Waals surface area contributed by atoms with Crippen LogP contribution in [0.1, 0.15) is 13.3 Å². The van der Waals surface area contributed by atoms with Gasteiger partial charge in [0, 0.05) is 17.6 Å². The fraction of sp³-hybridized carbons (Fsp3) is 0.500. The summed E-state index contributed by atoms with van der Waals surface area (Å²) in [5.41, 5.74) is 0. The van der Waals surface area contributed by atoms with Gasteiger partial charge in [0.2, 0.25) is 10.0 Å². The molecule has 1 atom stereocenters. The summed E-state index contributed by atoms with van der Waals surface area (Å²) in [6.07, 6.45) is 0.299. The maximum Gasteiger partial charge on any atom is 0.244 e. The highest BCUT2D eigenvalue weighted by atomic mass is 35.5. The molecule has 1 aliphatic rings. The number of hydrogen-bond acceptors (Lipinski definition) is 4. The van der Waals surface area contributed by atoms with Gasteiger partial charge < -0.3 is 0 Å². The van der Waals surface area contributed by atoms with Crippen molar-refractivity contribution in [1.82, 2.24) is 4.31 Å². The van der Waals surface area contributed by atoms with E-state index in [2.05, 4.69) is 0 Å². The van der Waals surface area contributed by atoms with Gasteiger partial charge in [0.25, 0.3) is 0 Å². The number of benzene rings is 1. The zero-order chi connectivity index (χ0) is 15.8. The normalized spacial score (nSPS) is 21.8. The maximum atomic E-state index is 12.7. The molecule has 1 saturated heterocycles. The first-order valence-corrected chi connectivity index (χ1v) is 10.4. The Morgan fingerprint density at radius 2 is 2.00 bits per heavy atom. The number of halogens is 2. The third-order valence-corrected chi connectivity index (χ3v) is 7.90. The topological polar surface area (TPSA) is 71.5 Å². The molecule has 9 heteroatoms. The number of hydrogen-bond donors (Lipinski definition) is 0. The molecule has 21 heavy (non-hydrogen) atoms. The molecule has 1 aromatic carbocycles. The number of rotatable bonds is 4. The molecule has 1 heterocycles. The second kappa shape index (κ2) is 6.04. The minimum atomic E-state index is -3.89. The second-order valence-electron chi connectivity index (χ2n) is 4.84.